The molecule has 0 aliphatic heterocycles. The quantitative estimate of drug-likeness (QED) is 0.0264. The summed E-state index contributed by atoms with van der Waals surface area (Å²) in [7, 11) is -4.40. The number of hydrogen-bond donors (Lipinski definition) is 2. The highest BCUT2D eigenvalue weighted by molar-refractivity contribution is 7.47. The summed E-state index contributed by atoms with van der Waals surface area (Å²) in [6.45, 7) is 3.59. The first-order valence-electron chi connectivity index (χ1n) is 27.9. The van der Waals surface area contributed by atoms with Crippen LogP contribution in [0, 0.1) is 0 Å². The van der Waals surface area contributed by atoms with Crippen LogP contribution in [0.25, 0.3) is 0 Å². The van der Waals surface area contributed by atoms with Crippen LogP contribution in [-0.4, -0.2) is 49.3 Å². The van der Waals surface area contributed by atoms with Crippen molar-refractivity contribution in [3.05, 3.63) is 109 Å². The predicted octanol–water partition coefficient (Wildman–Crippen LogP) is 17.5. The van der Waals surface area contributed by atoms with Crippen LogP contribution in [0.4, 0.5) is 0 Å². The van der Waals surface area contributed by atoms with Gasteiger partial charge in [0.15, 0.2) is 6.10 Å². The van der Waals surface area contributed by atoms with Crippen LogP contribution in [0.3, 0.4) is 0 Å². The van der Waals surface area contributed by atoms with Gasteiger partial charge in [-0.1, -0.05) is 220 Å². The topological polar surface area (TPSA) is 134 Å². The van der Waals surface area contributed by atoms with Crippen molar-refractivity contribution in [2.75, 3.05) is 26.4 Å². The molecule has 0 saturated heterocycles. The van der Waals surface area contributed by atoms with Gasteiger partial charge in [-0.15, -0.1) is 0 Å². The van der Waals surface area contributed by atoms with Crippen molar-refractivity contribution in [1.82, 2.24) is 0 Å². The maximum atomic E-state index is 12.7. The summed E-state index contributed by atoms with van der Waals surface area (Å²) in [5.41, 5.74) is 5.37. The minimum absolute atomic E-state index is 0.0459. The van der Waals surface area contributed by atoms with Crippen LogP contribution in [-0.2, 0) is 32.7 Å². The molecule has 0 aliphatic rings. The molecule has 400 valence electrons. The molecule has 0 spiro atoms. The van der Waals surface area contributed by atoms with Gasteiger partial charge in [0, 0.05) is 19.4 Å². The number of unbranched alkanes of at least 4 members (excludes halogenated alkanes) is 20. The van der Waals surface area contributed by atoms with Gasteiger partial charge in [0.05, 0.1) is 13.2 Å². The maximum Gasteiger partial charge on any atom is 0.472 e. The number of phosphoric acid groups is 1. The van der Waals surface area contributed by atoms with Crippen LogP contribution < -0.4 is 5.73 Å². The molecular formula is C60H102NO8P. The third-order valence-electron chi connectivity index (χ3n) is 11.4. The lowest BCUT2D eigenvalue weighted by atomic mass is 10.1. The summed E-state index contributed by atoms with van der Waals surface area (Å²) in [4.78, 5) is 35.1. The monoisotopic (exact) mass is 996 g/mol. The standard InChI is InChI=1S/C60H102NO8P/c1-3-5-7-9-11-13-15-17-19-21-23-24-25-26-27-28-29-30-31-32-33-34-35-37-39-41-43-45-47-49-51-53-60(63)69-58(57-68-70(64,65)67-55-54-61)56-66-59(62)52-50-48-46-44-42-40-38-36-22-20-18-16-14-12-10-8-6-4-2/h5,7,11,13-14,16-17,19-20,22-24,26-27,29-30,32-33,58H,3-4,6,8-10,12,15,18,21,25,28,31,34-57,61H2,1-2H3,(H,64,65)/b7-5-,13-11-,16-14-,19-17-,22-20-,24-23-,27-26-,30-29-,33-32-. The number of allylic oxidation sites excluding steroid dienone is 18. The Balaban J connectivity index is 4.05. The van der Waals surface area contributed by atoms with Gasteiger partial charge in [-0.3, -0.25) is 18.6 Å². The van der Waals surface area contributed by atoms with Gasteiger partial charge in [-0.2, -0.15) is 0 Å². The summed E-state index contributed by atoms with van der Waals surface area (Å²) in [6.07, 6.45) is 74.1. The largest absolute Gasteiger partial charge is 0.472 e. The fourth-order valence-corrected chi connectivity index (χ4v) is 8.06. The van der Waals surface area contributed by atoms with Gasteiger partial charge in [-0.25, -0.2) is 4.57 Å². The van der Waals surface area contributed by atoms with Crippen molar-refractivity contribution in [2.45, 2.75) is 232 Å². The molecule has 3 N–H and O–H groups in total. The fraction of sp³-hybridized carbons (Fsp3) is 0.667. The summed E-state index contributed by atoms with van der Waals surface area (Å²) in [5.74, 6) is -0.848. The summed E-state index contributed by atoms with van der Waals surface area (Å²) >= 11 is 0. The molecule has 70 heavy (non-hydrogen) atoms. The minimum atomic E-state index is -4.40. The zero-order chi connectivity index (χ0) is 51.0. The van der Waals surface area contributed by atoms with Crippen molar-refractivity contribution in [3.63, 3.8) is 0 Å². The minimum Gasteiger partial charge on any atom is -0.462 e. The molecule has 2 unspecified atom stereocenters. The van der Waals surface area contributed by atoms with Gasteiger partial charge in [0.1, 0.15) is 6.61 Å². The molecular weight excluding hydrogens is 894 g/mol. The average Bonchev–Trinajstić information content (AvgIpc) is 3.35. The number of nitrogens with two attached hydrogens (primary N) is 1. The third-order valence-corrected chi connectivity index (χ3v) is 12.4. The zero-order valence-electron chi connectivity index (χ0n) is 44.5. The Labute approximate surface area is 429 Å². The van der Waals surface area contributed by atoms with Gasteiger partial charge in [-0.05, 0) is 103 Å². The number of phosphoric ester groups is 1. The second kappa shape index (κ2) is 55.0. The first-order chi connectivity index (χ1) is 34.3. The number of rotatable bonds is 51. The molecule has 0 aromatic heterocycles. The average molecular weight is 996 g/mol. The van der Waals surface area contributed by atoms with Crippen LogP contribution >= 0.6 is 7.82 Å². The van der Waals surface area contributed by atoms with E-state index in [1.165, 1.54) is 83.5 Å². The molecule has 10 heteroatoms. The molecule has 2 atom stereocenters. The molecule has 0 fully saturated rings. The second-order valence-corrected chi connectivity index (χ2v) is 19.5. The molecule has 0 rings (SSSR count). The molecule has 0 heterocycles. The van der Waals surface area contributed by atoms with E-state index in [-0.39, 0.29) is 32.6 Å². The third kappa shape index (κ3) is 54.0. The number of carbonyl (C=O) groups excluding carboxylic acids is 2. The molecule has 0 saturated carbocycles. The molecule has 9 nitrogen and oxygen atoms in total. The Morgan fingerprint density at radius 2 is 0.786 bits per heavy atom. The van der Waals surface area contributed by atoms with Crippen molar-refractivity contribution in [1.29, 1.82) is 0 Å². The number of carbonyl (C=O) groups is 2. The first kappa shape index (κ1) is 66.7. The van der Waals surface area contributed by atoms with Gasteiger partial charge < -0.3 is 20.1 Å². The summed E-state index contributed by atoms with van der Waals surface area (Å²) < 4.78 is 33.0. The Bertz CT molecular complexity index is 1510. The van der Waals surface area contributed by atoms with E-state index in [1.54, 1.807) is 0 Å². The van der Waals surface area contributed by atoms with E-state index in [0.29, 0.717) is 6.42 Å². The highest BCUT2D eigenvalue weighted by Crippen LogP contribution is 2.43. The Hall–Kier alpha value is -3.33. The lowest BCUT2D eigenvalue weighted by Crippen LogP contribution is -2.29. The smallest absolute Gasteiger partial charge is 0.462 e. The predicted molar refractivity (Wildman–Crippen MR) is 298 cm³/mol. The number of esters is 2. The van der Waals surface area contributed by atoms with E-state index < -0.39 is 32.5 Å². The summed E-state index contributed by atoms with van der Waals surface area (Å²) in [6, 6.07) is 0. The van der Waals surface area contributed by atoms with Crippen LogP contribution in [0.2, 0.25) is 0 Å². The molecule has 0 amide bonds. The van der Waals surface area contributed by atoms with Crippen LogP contribution in [0.1, 0.15) is 226 Å². The first-order valence-corrected chi connectivity index (χ1v) is 29.4. The molecule has 0 aromatic carbocycles. The van der Waals surface area contributed by atoms with Crippen LogP contribution in [0.15, 0.2) is 109 Å². The zero-order valence-corrected chi connectivity index (χ0v) is 45.4. The van der Waals surface area contributed by atoms with Crippen molar-refractivity contribution in [2.24, 2.45) is 5.73 Å². The second-order valence-electron chi connectivity index (χ2n) is 18.1. The highest BCUT2D eigenvalue weighted by Gasteiger charge is 2.26. The van der Waals surface area contributed by atoms with E-state index in [0.717, 1.165) is 109 Å². The van der Waals surface area contributed by atoms with E-state index in [4.69, 9.17) is 24.3 Å². The Kier molecular flexibility index (Phi) is 52.4. The molecule has 0 aromatic rings. The van der Waals surface area contributed by atoms with E-state index >= 15 is 0 Å². The number of hydrogen-bond acceptors (Lipinski definition) is 8. The highest BCUT2D eigenvalue weighted by atomic mass is 31.2. The molecule has 0 aliphatic carbocycles. The fourth-order valence-electron chi connectivity index (χ4n) is 7.29. The van der Waals surface area contributed by atoms with Gasteiger partial charge >= 0.3 is 19.8 Å². The normalized spacial score (nSPS) is 13.9. The van der Waals surface area contributed by atoms with Crippen molar-refractivity contribution < 1.29 is 37.6 Å². The van der Waals surface area contributed by atoms with Gasteiger partial charge in [0.2, 0.25) is 0 Å². The van der Waals surface area contributed by atoms with Crippen molar-refractivity contribution in [3.8, 4) is 0 Å². The van der Waals surface area contributed by atoms with Crippen molar-refractivity contribution >= 4 is 19.8 Å². The Morgan fingerprint density at radius 1 is 0.443 bits per heavy atom. The molecule has 0 radical (unpaired) electrons. The van der Waals surface area contributed by atoms with E-state index in [2.05, 4.69) is 123 Å². The molecule has 0 bridgehead atoms. The van der Waals surface area contributed by atoms with E-state index in [9.17, 15) is 19.0 Å². The Morgan fingerprint density at radius 3 is 1.17 bits per heavy atom. The number of ether oxygens (including phenoxy) is 2. The summed E-state index contributed by atoms with van der Waals surface area (Å²) in [5, 5.41) is 0. The van der Waals surface area contributed by atoms with E-state index in [1.807, 2.05) is 0 Å². The van der Waals surface area contributed by atoms with Crippen LogP contribution in [0.5, 0.6) is 0 Å². The SMILES string of the molecule is CC/C=C\C/C=C\C/C=C\C/C=C\C/C=C\C/C=C\C/C=C\CCCCCCCCCCCC(=O)OC(COC(=O)CCCCCCCCC/C=C\C/C=C\CCCCCC)COP(=O)(O)OCCN. The lowest BCUT2D eigenvalue weighted by Gasteiger charge is -2.19. The lowest BCUT2D eigenvalue weighted by molar-refractivity contribution is -0.161. The van der Waals surface area contributed by atoms with Gasteiger partial charge in [0.25, 0.3) is 0 Å². The maximum absolute atomic E-state index is 12.7.